The highest BCUT2D eigenvalue weighted by Gasteiger charge is 2.29. The lowest BCUT2D eigenvalue weighted by Crippen LogP contribution is -2.24. The van der Waals surface area contributed by atoms with Crippen LogP contribution in [-0.4, -0.2) is 16.8 Å². The van der Waals surface area contributed by atoms with Gasteiger partial charge in [-0.2, -0.15) is 0 Å². The molecular weight excluding hydrogens is 298 g/mol. The molecule has 5 nitrogen and oxygen atoms in total. The Morgan fingerprint density at radius 2 is 2.23 bits per heavy atom. The number of carbonyl (C=O) groups excluding carboxylic acids is 2. The molecule has 4 rings (SSSR count). The van der Waals surface area contributed by atoms with Crippen molar-refractivity contribution in [1.82, 2.24) is 10.3 Å². The molecule has 2 heterocycles. The monoisotopic (exact) mass is 313 g/mol. The number of fused-ring (bicyclic) bond motifs is 2. The Hall–Kier alpha value is -2.21. The number of aromatic nitrogens is 1. The third-order valence-corrected chi connectivity index (χ3v) is 5.19. The van der Waals surface area contributed by atoms with Crippen molar-refractivity contribution in [2.45, 2.75) is 31.7 Å². The van der Waals surface area contributed by atoms with Gasteiger partial charge in [0.05, 0.1) is 18.2 Å². The standard InChI is InChI=1S/C16H15N3O2S/c20-14(19-16-18-11-6-3-7-13(11)22-16)8-12-9-4-1-2-5-10(9)15(21)17-12/h1-2,4-5,12H,3,6-8H2,(H,17,21)(H,18,19,20)/t12-/m0/s1. The molecule has 2 aliphatic rings. The first-order chi connectivity index (χ1) is 10.7. The largest absolute Gasteiger partial charge is 0.345 e. The number of amides is 2. The first-order valence-electron chi connectivity index (χ1n) is 7.39. The van der Waals surface area contributed by atoms with Gasteiger partial charge in [0.1, 0.15) is 0 Å². The van der Waals surface area contributed by atoms with Crippen LogP contribution in [0.15, 0.2) is 24.3 Å². The van der Waals surface area contributed by atoms with E-state index in [4.69, 9.17) is 0 Å². The van der Waals surface area contributed by atoms with Gasteiger partial charge in [0.15, 0.2) is 5.13 Å². The maximum atomic E-state index is 12.2. The molecular formula is C16H15N3O2S. The van der Waals surface area contributed by atoms with Gasteiger partial charge in [-0.15, -0.1) is 11.3 Å². The summed E-state index contributed by atoms with van der Waals surface area (Å²) in [5.41, 5.74) is 2.68. The molecule has 0 bridgehead atoms. The van der Waals surface area contributed by atoms with E-state index in [2.05, 4.69) is 15.6 Å². The molecule has 0 spiro atoms. The van der Waals surface area contributed by atoms with Gasteiger partial charge in [0, 0.05) is 10.4 Å². The smallest absolute Gasteiger partial charge is 0.252 e. The highest BCUT2D eigenvalue weighted by atomic mass is 32.1. The van der Waals surface area contributed by atoms with E-state index in [1.54, 1.807) is 17.4 Å². The van der Waals surface area contributed by atoms with Crippen LogP contribution in [0.5, 0.6) is 0 Å². The molecule has 2 N–H and O–H groups in total. The van der Waals surface area contributed by atoms with Crippen molar-refractivity contribution >= 4 is 28.3 Å². The molecule has 22 heavy (non-hydrogen) atoms. The van der Waals surface area contributed by atoms with Crippen LogP contribution in [0, 0.1) is 0 Å². The number of nitrogens with zero attached hydrogens (tertiary/aromatic N) is 1. The van der Waals surface area contributed by atoms with E-state index in [0.717, 1.165) is 30.5 Å². The average molecular weight is 313 g/mol. The molecule has 1 atom stereocenters. The molecule has 0 fully saturated rings. The summed E-state index contributed by atoms with van der Waals surface area (Å²) in [6.45, 7) is 0. The Kier molecular flexibility index (Phi) is 3.18. The lowest BCUT2D eigenvalue weighted by atomic mass is 10.0. The van der Waals surface area contributed by atoms with E-state index >= 15 is 0 Å². The minimum Gasteiger partial charge on any atom is -0.345 e. The summed E-state index contributed by atoms with van der Waals surface area (Å²) in [4.78, 5) is 29.8. The zero-order chi connectivity index (χ0) is 15.1. The van der Waals surface area contributed by atoms with Gasteiger partial charge in [0.2, 0.25) is 5.91 Å². The van der Waals surface area contributed by atoms with E-state index in [1.165, 1.54) is 4.88 Å². The van der Waals surface area contributed by atoms with Crippen molar-refractivity contribution in [3.63, 3.8) is 0 Å². The Bertz CT molecular complexity index is 747. The van der Waals surface area contributed by atoms with Gasteiger partial charge in [0.25, 0.3) is 5.91 Å². The van der Waals surface area contributed by atoms with E-state index < -0.39 is 0 Å². The Morgan fingerprint density at radius 1 is 1.36 bits per heavy atom. The van der Waals surface area contributed by atoms with Crippen LogP contribution in [-0.2, 0) is 17.6 Å². The Morgan fingerprint density at radius 3 is 3.09 bits per heavy atom. The maximum Gasteiger partial charge on any atom is 0.252 e. The van der Waals surface area contributed by atoms with Crippen LogP contribution in [0.1, 0.15) is 45.4 Å². The summed E-state index contributed by atoms with van der Waals surface area (Å²) in [5, 5.41) is 6.39. The van der Waals surface area contributed by atoms with Crippen LogP contribution in [0.4, 0.5) is 5.13 Å². The van der Waals surface area contributed by atoms with Gasteiger partial charge in [-0.1, -0.05) is 18.2 Å². The van der Waals surface area contributed by atoms with Crippen molar-refractivity contribution < 1.29 is 9.59 Å². The topological polar surface area (TPSA) is 71.1 Å². The highest BCUT2D eigenvalue weighted by molar-refractivity contribution is 7.15. The third kappa shape index (κ3) is 2.29. The van der Waals surface area contributed by atoms with Crippen LogP contribution in [0.3, 0.4) is 0 Å². The van der Waals surface area contributed by atoms with E-state index in [1.807, 2.05) is 18.2 Å². The van der Waals surface area contributed by atoms with E-state index in [9.17, 15) is 9.59 Å². The number of hydrogen-bond donors (Lipinski definition) is 2. The summed E-state index contributed by atoms with van der Waals surface area (Å²) in [7, 11) is 0. The van der Waals surface area contributed by atoms with Crippen molar-refractivity contribution in [3.05, 3.63) is 46.0 Å². The Labute approximate surface area is 131 Å². The van der Waals surface area contributed by atoms with Crippen LogP contribution in [0.2, 0.25) is 0 Å². The van der Waals surface area contributed by atoms with Gasteiger partial charge in [-0.05, 0) is 30.9 Å². The minimum atomic E-state index is -0.254. The predicted molar refractivity (Wildman–Crippen MR) is 84.0 cm³/mol. The molecule has 1 aromatic carbocycles. The van der Waals surface area contributed by atoms with E-state index in [-0.39, 0.29) is 24.3 Å². The SMILES string of the molecule is O=C(C[C@@H]1NC(=O)c2ccccc21)Nc1nc2c(s1)CCC2. The molecule has 1 aliphatic carbocycles. The minimum absolute atomic E-state index is 0.110. The lowest BCUT2D eigenvalue weighted by molar-refractivity contribution is -0.116. The fourth-order valence-corrected chi connectivity index (χ4v) is 4.15. The second-order valence-electron chi connectivity index (χ2n) is 5.61. The second kappa shape index (κ2) is 5.21. The van der Waals surface area contributed by atoms with Crippen LogP contribution >= 0.6 is 11.3 Å². The molecule has 6 heteroatoms. The van der Waals surface area contributed by atoms with Gasteiger partial charge < -0.3 is 10.6 Å². The molecule has 0 unspecified atom stereocenters. The van der Waals surface area contributed by atoms with Crippen molar-refractivity contribution in [2.75, 3.05) is 5.32 Å². The number of nitrogens with one attached hydrogen (secondary N) is 2. The quantitative estimate of drug-likeness (QED) is 0.914. The molecule has 0 saturated heterocycles. The number of carbonyl (C=O) groups is 2. The number of aryl methyl sites for hydroxylation is 2. The van der Waals surface area contributed by atoms with Crippen molar-refractivity contribution in [1.29, 1.82) is 0 Å². The van der Waals surface area contributed by atoms with Crippen molar-refractivity contribution in [2.24, 2.45) is 0 Å². The number of anilines is 1. The molecule has 112 valence electrons. The molecule has 2 aromatic rings. The number of thiazole rings is 1. The second-order valence-corrected chi connectivity index (χ2v) is 6.69. The third-order valence-electron chi connectivity index (χ3n) is 4.12. The molecule has 0 saturated carbocycles. The molecule has 1 aromatic heterocycles. The number of rotatable bonds is 3. The zero-order valence-corrected chi connectivity index (χ0v) is 12.7. The summed E-state index contributed by atoms with van der Waals surface area (Å²) in [5.74, 6) is -0.226. The molecule has 0 radical (unpaired) electrons. The summed E-state index contributed by atoms with van der Waals surface area (Å²) in [6, 6.07) is 7.14. The normalized spacial score (nSPS) is 18.7. The first kappa shape index (κ1) is 13.5. The molecule has 2 amide bonds. The average Bonchev–Trinajstić information content (AvgIpc) is 3.14. The maximum absolute atomic E-state index is 12.2. The van der Waals surface area contributed by atoms with Crippen LogP contribution < -0.4 is 10.6 Å². The fourth-order valence-electron chi connectivity index (χ4n) is 3.08. The molecule has 1 aliphatic heterocycles. The lowest BCUT2D eigenvalue weighted by Gasteiger charge is -2.10. The summed E-state index contributed by atoms with van der Waals surface area (Å²) in [6.07, 6.45) is 3.46. The van der Waals surface area contributed by atoms with Gasteiger partial charge in [-0.25, -0.2) is 4.98 Å². The summed E-state index contributed by atoms with van der Waals surface area (Å²) < 4.78 is 0. The van der Waals surface area contributed by atoms with Crippen LogP contribution in [0.25, 0.3) is 0 Å². The van der Waals surface area contributed by atoms with Crippen molar-refractivity contribution in [3.8, 4) is 0 Å². The zero-order valence-electron chi connectivity index (χ0n) is 11.9. The highest BCUT2D eigenvalue weighted by Crippen LogP contribution is 2.31. The number of hydrogen-bond acceptors (Lipinski definition) is 4. The Balaban J connectivity index is 1.45. The number of benzene rings is 1. The van der Waals surface area contributed by atoms with Gasteiger partial charge >= 0.3 is 0 Å². The van der Waals surface area contributed by atoms with Gasteiger partial charge in [-0.3, -0.25) is 9.59 Å². The first-order valence-corrected chi connectivity index (χ1v) is 8.20. The fraction of sp³-hybridized carbons (Fsp3) is 0.312. The predicted octanol–water partition coefficient (Wildman–Crippen LogP) is 2.45. The summed E-state index contributed by atoms with van der Waals surface area (Å²) >= 11 is 1.56. The van der Waals surface area contributed by atoms with E-state index in [0.29, 0.717) is 10.7 Å².